The van der Waals surface area contributed by atoms with Crippen LogP contribution in [0.25, 0.3) is 5.52 Å². The van der Waals surface area contributed by atoms with E-state index < -0.39 is 0 Å². The molecular formula is C15H20ClN5O. The van der Waals surface area contributed by atoms with Gasteiger partial charge >= 0.3 is 0 Å². The maximum atomic E-state index is 6.26. The highest BCUT2D eigenvalue weighted by Gasteiger charge is 2.46. The van der Waals surface area contributed by atoms with Gasteiger partial charge in [0, 0.05) is 24.7 Å². The minimum atomic E-state index is 0.153. The van der Waals surface area contributed by atoms with Crippen LogP contribution in [0.5, 0.6) is 0 Å². The molecule has 0 radical (unpaired) electrons. The van der Waals surface area contributed by atoms with E-state index >= 15 is 0 Å². The molecule has 6 nitrogen and oxygen atoms in total. The normalized spacial score (nSPS) is 21.2. The van der Waals surface area contributed by atoms with E-state index in [1.54, 1.807) is 6.20 Å². The Hall–Kier alpha value is -1.40. The Morgan fingerprint density at radius 1 is 1.41 bits per heavy atom. The lowest BCUT2D eigenvalue weighted by atomic mass is 10.0. The molecule has 1 aliphatic heterocycles. The van der Waals surface area contributed by atoms with Crippen LogP contribution in [0.3, 0.4) is 0 Å². The number of nitrogens with one attached hydrogen (secondary N) is 1. The number of ether oxygens (including phenoxy) is 1. The van der Waals surface area contributed by atoms with E-state index in [9.17, 15) is 0 Å². The summed E-state index contributed by atoms with van der Waals surface area (Å²) >= 11 is 6.26. The van der Waals surface area contributed by atoms with Crippen LogP contribution < -0.4 is 5.32 Å². The smallest absolute Gasteiger partial charge is 0.241 e. The van der Waals surface area contributed by atoms with Crippen molar-refractivity contribution >= 4 is 23.1 Å². The molecule has 1 aliphatic carbocycles. The summed E-state index contributed by atoms with van der Waals surface area (Å²) < 4.78 is 7.27. The quantitative estimate of drug-likeness (QED) is 0.938. The molecule has 2 aromatic rings. The third kappa shape index (κ3) is 2.34. The van der Waals surface area contributed by atoms with E-state index in [1.807, 2.05) is 4.52 Å². The van der Waals surface area contributed by atoms with Crippen LogP contribution in [-0.4, -0.2) is 38.8 Å². The van der Waals surface area contributed by atoms with E-state index in [0.717, 1.165) is 56.7 Å². The van der Waals surface area contributed by atoms with Crippen molar-refractivity contribution in [2.45, 2.75) is 50.5 Å². The fraction of sp³-hybridized carbons (Fsp3) is 0.667. The van der Waals surface area contributed by atoms with E-state index in [-0.39, 0.29) is 5.41 Å². The second kappa shape index (κ2) is 5.35. The molecular weight excluding hydrogens is 302 g/mol. The number of hydrogen-bond acceptors (Lipinski definition) is 5. The molecule has 22 heavy (non-hydrogen) atoms. The van der Waals surface area contributed by atoms with Crippen molar-refractivity contribution in [3.63, 3.8) is 0 Å². The molecule has 0 bridgehead atoms. The number of anilines is 1. The first-order valence-corrected chi connectivity index (χ1v) is 8.36. The van der Waals surface area contributed by atoms with Gasteiger partial charge in [0.2, 0.25) is 5.95 Å². The predicted octanol–water partition coefficient (Wildman–Crippen LogP) is 2.81. The Balaban J connectivity index is 1.68. The monoisotopic (exact) mass is 321 g/mol. The first-order chi connectivity index (χ1) is 10.7. The number of halogens is 1. The number of hydrogen-bond donors (Lipinski definition) is 1. The molecule has 7 heteroatoms. The van der Waals surface area contributed by atoms with Crippen LogP contribution in [0.1, 0.15) is 44.9 Å². The highest BCUT2D eigenvalue weighted by molar-refractivity contribution is 6.32. The van der Waals surface area contributed by atoms with Gasteiger partial charge in [0.15, 0.2) is 5.15 Å². The Labute approximate surface area is 134 Å². The largest absolute Gasteiger partial charge is 0.381 e. The first kappa shape index (κ1) is 14.2. The van der Waals surface area contributed by atoms with Gasteiger partial charge in [-0.15, -0.1) is 5.10 Å². The van der Waals surface area contributed by atoms with Crippen molar-refractivity contribution < 1.29 is 4.74 Å². The van der Waals surface area contributed by atoms with Gasteiger partial charge in [0.25, 0.3) is 0 Å². The summed E-state index contributed by atoms with van der Waals surface area (Å²) in [6, 6.07) is 0.370. The Morgan fingerprint density at radius 3 is 2.86 bits per heavy atom. The van der Waals surface area contributed by atoms with Crippen LogP contribution in [0, 0.1) is 0 Å². The molecule has 0 spiro atoms. The lowest BCUT2D eigenvalue weighted by Crippen LogP contribution is -2.29. The van der Waals surface area contributed by atoms with Gasteiger partial charge in [-0.05, 0) is 32.1 Å². The Bertz CT molecular complexity index is 691. The van der Waals surface area contributed by atoms with Crippen LogP contribution in [0.15, 0.2) is 6.20 Å². The summed E-state index contributed by atoms with van der Waals surface area (Å²) in [5.41, 5.74) is 0.939. The lowest BCUT2D eigenvalue weighted by molar-refractivity contribution is 0.0903. The molecule has 2 aromatic heterocycles. The number of aromatic nitrogens is 4. The Morgan fingerprint density at radius 2 is 2.18 bits per heavy atom. The zero-order valence-corrected chi connectivity index (χ0v) is 13.4. The van der Waals surface area contributed by atoms with E-state index in [2.05, 4.69) is 27.3 Å². The maximum Gasteiger partial charge on any atom is 0.241 e. The SMILES string of the molecule is CCC1(c2nc(Cl)c3cnc(NC4CCOCC4)nn23)CC1. The minimum Gasteiger partial charge on any atom is -0.381 e. The molecule has 1 N–H and O–H groups in total. The van der Waals surface area contributed by atoms with Crippen molar-refractivity contribution in [2.75, 3.05) is 18.5 Å². The lowest BCUT2D eigenvalue weighted by Gasteiger charge is -2.23. The van der Waals surface area contributed by atoms with Crippen LogP contribution >= 0.6 is 11.6 Å². The highest BCUT2D eigenvalue weighted by atomic mass is 35.5. The first-order valence-electron chi connectivity index (χ1n) is 7.98. The fourth-order valence-corrected chi connectivity index (χ4v) is 3.38. The number of nitrogens with zero attached hydrogens (tertiary/aromatic N) is 4. The van der Waals surface area contributed by atoms with Gasteiger partial charge in [-0.25, -0.2) is 14.5 Å². The maximum absolute atomic E-state index is 6.26. The Kier molecular flexibility index (Phi) is 3.46. The molecule has 118 valence electrons. The van der Waals surface area contributed by atoms with Gasteiger partial charge in [0.1, 0.15) is 11.3 Å². The molecule has 2 fully saturated rings. The standard InChI is InChI=1S/C15H20ClN5O/c1-2-15(5-6-15)13-19-12(16)11-9-17-14(20-21(11)13)18-10-3-7-22-8-4-10/h9-10H,2-8H2,1H3,(H,18,20). The number of fused-ring (bicyclic) bond motifs is 1. The minimum absolute atomic E-state index is 0.153. The molecule has 1 saturated heterocycles. The third-order valence-electron chi connectivity index (χ3n) is 4.91. The van der Waals surface area contributed by atoms with Crippen molar-refractivity contribution in [2.24, 2.45) is 0 Å². The van der Waals surface area contributed by atoms with E-state index in [4.69, 9.17) is 16.3 Å². The van der Waals surface area contributed by atoms with Gasteiger partial charge in [0.05, 0.1) is 6.20 Å². The van der Waals surface area contributed by atoms with Crippen molar-refractivity contribution in [1.82, 2.24) is 19.6 Å². The van der Waals surface area contributed by atoms with Crippen molar-refractivity contribution in [1.29, 1.82) is 0 Å². The molecule has 1 saturated carbocycles. The van der Waals surface area contributed by atoms with Gasteiger partial charge in [-0.1, -0.05) is 18.5 Å². The summed E-state index contributed by atoms with van der Waals surface area (Å²) in [4.78, 5) is 8.96. The van der Waals surface area contributed by atoms with Crippen molar-refractivity contribution in [3.8, 4) is 0 Å². The second-order valence-electron chi connectivity index (χ2n) is 6.27. The molecule has 3 heterocycles. The van der Waals surface area contributed by atoms with E-state index in [0.29, 0.717) is 17.1 Å². The summed E-state index contributed by atoms with van der Waals surface area (Å²) in [7, 11) is 0. The third-order valence-corrected chi connectivity index (χ3v) is 5.19. The number of rotatable bonds is 4. The van der Waals surface area contributed by atoms with E-state index in [1.165, 1.54) is 0 Å². The molecule has 0 aromatic carbocycles. The zero-order chi connectivity index (χ0) is 15.2. The molecule has 0 unspecified atom stereocenters. The molecule has 4 rings (SSSR count). The van der Waals surface area contributed by atoms with Gasteiger partial charge < -0.3 is 10.1 Å². The summed E-state index contributed by atoms with van der Waals surface area (Å²) in [5.74, 6) is 1.62. The van der Waals surface area contributed by atoms with Gasteiger partial charge in [-0.3, -0.25) is 0 Å². The molecule has 0 atom stereocenters. The van der Waals surface area contributed by atoms with Gasteiger partial charge in [-0.2, -0.15) is 0 Å². The topological polar surface area (TPSA) is 64.3 Å². The summed E-state index contributed by atoms with van der Waals surface area (Å²) in [5, 5.41) is 8.55. The molecule has 0 amide bonds. The highest BCUT2D eigenvalue weighted by Crippen LogP contribution is 2.50. The fourth-order valence-electron chi connectivity index (χ4n) is 3.17. The van der Waals surface area contributed by atoms with Crippen LogP contribution in [-0.2, 0) is 10.2 Å². The summed E-state index contributed by atoms with van der Waals surface area (Å²) in [6.07, 6.45) is 7.11. The zero-order valence-electron chi connectivity index (χ0n) is 12.7. The molecule has 2 aliphatic rings. The van der Waals surface area contributed by atoms with Crippen LogP contribution in [0.4, 0.5) is 5.95 Å². The van der Waals surface area contributed by atoms with Crippen LogP contribution in [0.2, 0.25) is 5.15 Å². The predicted molar refractivity (Wildman–Crippen MR) is 84.5 cm³/mol. The number of imidazole rings is 1. The van der Waals surface area contributed by atoms with Crippen molar-refractivity contribution in [3.05, 3.63) is 17.2 Å². The average molecular weight is 322 g/mol. The average Bonchev–Trinajstić information content (AvgIpc) is 3.28. The summed E-state index contributed by atoms with van der Waals surface area (Å²) in [6.45, 7) is 3.78. The second-order valence-corrected chi connectivity index (χ2v) is 6.63.